The van der Waals surface area contributed by atoms with Crippen LogP contribution in [0.4, 0.5) is 0 Å². The van der Waals surface area contributed by atoms with E-state index in [2.05, 4.69) is 40.8 Å². The zero-order valence-corrected chi connectivity index (χ0v) is 9.32. The molecule has 1 aliphatic heterocycles. The van der Waals surface area contributed by atoms with Crippen LogP contribution in [0.25, 0.3) is 0 Å². The fourth-order valence-corrected chi connectivity index (χ4v) is 1.91. The van der Waals surface area contributed by atoms with Gasteiger partial charge in [0.25, 0.3) is 0 Å². The van der Waals surface area contributed by atoms with Crippen LogP contribution in [0.15, 0.2) is 41.8 Å². The number of hydrogen-bond donors (Lipinski definition) is 0. The Balaban J connectivity index is 2.01. The fraction of sp³-hybridized carbons (Fsp3) is 0.462. The summed E-state index contributed by atoms with van der Waals surface area (Å²) >= 11 is 0. The molecule has 0 N–H and O–H groups in total. The Hall–Kier alpha value is -1.24. The maximum Gasteiger partial charge on any atom is 0.0303 e. The van der Waals surface area contributed by atoms with E-state index in [-0.39, 0.29) is 0 Å². The van der Waals surface area contributed by atoms with Gasteiger partial charge in [0.1, 0.15) is 0 Å². The van der Waals surface area contributed by atoms with Crippen molar-refractivity contribution in [2.75, 3.05) is 33.2 Å². The van der Waals surface area contributed by atoms with Crippen molar-refractivity contribution in [2.24, 2.45) is 0 Å². The topological polar surface area (TPSA) is 6.48 Å². The molecule has 80 valence electrons. The Morgan fingerprint density at radius 3 is 2.73 bits per heavy atom. The van der Waals surface area contributed by atoms with E-state index in [4.69, 9.17) is 0 Å². The van der Waals surface area contributed by atoms with Crippen molar-refractivity contribution in [2.45, 2.75) is 6.42 Å². The molecule has 0 atom stereocenters. The third-order valence-corrected chi connectivity index (χ3v) is 2.93. The van der Waals surface area contributed by atoms with Crippen molar-refractivity contribution in [1.82, 2.24) is 9.80 Å². The van der Waals surface area contributed by atoms with Crippen molar-refractivity contribution in [3.8, 4) is 0 Å². The highest BCUT2D eigenvalue weighted by Gasteiger charge is 2.14. The summed E-state index contributed by atoms with van der Waals surface area (Å²) in [6.45, 7) is 4.63. The first-order chi connectivity index (χ1) is 7.36. The lowest BCUT2D eigenvalue weighted by Gasteiger charge is -2.35. The Morgan fingerprint density at radius 2 is 1.93 bits per heavy atom. The van der Waals surface area contributed by atoms with Gasteiger partial charge in [0, 0.05) is 38.3 Å². The number of rotatable bonds is 1. The zero-order chi connectivity index (χ0) is 10.5. The van der Waals surface area contributed by atoms with Crippen molar-refractivity contribution in [3.05, 3.63) is 41.8 Å². The Bertz CT molecular complexity index is 324. The van der Waals surface area contributed by atoms with Gasteiger partial charge in [0.2, 0.25) is 0 Å². The van der Waals surface area contributed by atoms with Crippen molar-refractivity contribution >= 4 is 0 Å². The van der Waals surface area contributed by atoms with Gasteiger partial charge in [-0.15, -0.1) is 5.73 Å². The smallest absolute Gasteiger partial charge is 0.0303 e. The summed E-state index contributed by atoms with van der Waals surface area (Å²) in [5.74, 6) is 0. The molecule has 0 aromatic carbocycles. The molecule has 0 amide bonds. The quantitative estimate of drug-likeness (QED) is 0.598. The lowest BCUT2D eigenvalue weighted by Crippen LogP contribution is -2.43. The predicted octanol–water partition coefficient (Wildman–Crippen LogP) is 1.79. The lowest BCUT2D eigenvalue weighted by molar-refractivity contribution is 0.184. The van der Waals surface area contributed by atoms with E-state index in [1.165, 1.54) is 18.8 Å². The third-order valence-electron chi connectivity index (χ3n) is 2.93. The molecule has 0 unspecified atom stereocenters. The number of allylic oxidation sites excluding steroid dienone is 4. The minimum Gasteiger partial charge on any atom is -0.372 e. The molecule has 1 heterocycles. The highest BCUT2D eigenvalue weighted by molar-refractivity contribution is 5.21. The average molecular weight is 202 g/mol. The first kappa shape index (κ1) is 10.3. The molecule has 15 heavy (non-hydrogen) atoms. The van der Waals surface area contributed by atoms with Crippen molar-refractivity contribution < 1.29 is 0 Å². The van der Waals surface area contributed by atoms with Crippen LogP contribution in [0.1, 0.15) is 6.42 Å². The number of piperazine rings is 1. The molecule has 1 saturated heterocycles. The molecule has 0 radical (unpaired) electrons. The van der Waals surface area contributed by atoms with E-state index in [9.17, 15) is 0 Å². The van der Waals surface area contributed by atoms with Gasteiger partial charge in [-0.3, -0.25) is 0 Å². The van der Waals surface area contributed by atoms with Gasteiger partial charge in [-0.05, 0) is 25.3 Å². The first-order valence-electron chi connectivity index (χ1n) is 5.56. The average Bonchev–Trinajstić information content (AvgIpc) is 2.19. The standard InChI is InChI=1S/C13H18N2/c1-14-9-11-15(12-10-14)13-7-5-3-2-4-6-8-13/h2-3,5-7H,8-12H2,1H3/b5-3-,13-7+. The molecule has 2 nitrogen and oxygen atoms in total. The number of likely N-dealkylation sites (N-methyl/N-ethyl adjacent to an activating group) is 1. The molecule has 0 spiro atoms. The minimum atomic E-state index is 1.00. The fourth-order valence-electron chi connectivity index (χ4n) is 1.91. The SMILES string of the molecule is CN1CCN(/C2=C/C=C\C=C=CC2)CC1. The van der Waals surface area contributed by atoms with Gasteiger partial charge in [-0.25, -0.2) is 0 Å². The van der Waals surface area contributed by atoms with Crippen LogP contribution in [0, 0.1) is 0 Å². The Kier molecular flexibility index (Phi) is 3.44. The maximum atomic E-state index is 3.15. The molecule has 0 bridgehead atoms. The van der Waals surface area contributed by atoms with Crippen LogP contribution < -0.4 is 0 Å². The number of nitrogens with zero attached hydrogens (tertiary/aromatic N) is 2. The van der Waals surface area contributed by atoms with E-state index >= 15 is 0 Å². The third kappa shape index (κ3) is 2.85. The molecule has 1 fully saturated rings. The summed E-state index contributed by atoms with van der Waals surface area (Å²) in [7, 11) is 2.19. The van der Waals surface area contributed by atoms with Gasteiger partial charge in [0.15, 0.2) is 0 Å². The van der Waals surface area contributed by atoms with E-state index in [1.54, 1.807) is 0 Å². The summed E-state index contributed by atoms with van der Waals surface area (Å²) in [6, 6.07) is 0. The van der Waals surface area contributed by atoms with Crippen LogP contribution in [-0.4, -0.2) is 43.0 Å². The van der Waals surface area contributed by atoms with Crippen molar-refractivity contribution in [1.29, 1.82) is 0 Å². The number of hydrogen-bond acceptors (Lipinski definition) is 2. The summed E-state index contributed by atoms with van der Waals surface area (Å²) in [4.78, 5) is 4.86. The Morgan fingerprint density at radius 1 is 1.13 bits per heavy atom. The van der Waals surface area contributed by atoms with Crippen LogP contribution in [0.3, 0.4) is 0 Å². The first-order valence-corrected chi connectivity index (χ1v) is 5.56. The Labute approximate surface area is 91.9 Å². The van der Waals surface area contributed by atoms with Crippen molar-refractivity contribution in [3.63, 3.8) is 0 Å². The molecule has 0 saturated carbocycles. The van der Waals surface area contributed by atoms with Gasteiger partial charge >= 0.3 is 0 Å². The molecule has 2 aliphatic rings. The second-order valence-corrected chi connectivity index (χ2v) is 4.07. The normalized spacial score (nSPS) is 28.1. The van der Waals surface area contributed by atoms with Gasteiger partial charge in [0.05, 0.1) is 0 Å². The monoisotopic (exact) mass is 202 g/mol. The summed E-state index contributed by atoms with van der Waals surface area (Å²) in [5, 5.41) is 0. The van der Waals surface area contributed by atoms with Gasteiger partial charge in [-0.1, -0.05) is 12.2 Å². The van der Waals surface area contributed by atoms with Crippen LogP contribution in [0.5, 0.6) is 0 Å². The molecule has 1 aliphatic carbocycles. The van der Waals surface area contributed by atoms with E-state index in [1.807, 2.05) is 12.2 Å². The van der Waals surface area contributed by atoms with E-state index in [0.717, 1.165) is 19.5 Å². The van der Waals surface area contributed by atoms with Crippen LogP contribution in [-0.2, 0) is 0 Å². The van der Waals surface area contributed by atoms with E-state index in [0.29, 0.717) is 0 Å². The highest BCUT2D eigenvalue weighted by atomic mass is 15.2. The van der Waals surface area contributed by atoms with Crippen LogP contribution >= 0.6 is 0 Å². The zero-order valence-electron chi connectivity index (χ0n) is 9.32. The lowest BCUT2D eigenvalue weighted by atomic mass is 10.2. The largest absolute Gasteiger partial charge is 0.372 e. The second kappa shape index (κ2) is 5.01. The summed E-state index contributed by atoms with van der Waals surface area (Å²) < 4.78 is 0. The van der Waals surface area contributed by atoms with Gasteiger partial charge < -0.3 is 9.80 Å². The summed E-state index contributed by atoms with van der Waals surface area (Å²) in [6.07, 6.45) is 11.4. The molecule has 0 aromatic heterocycles. The molecular formula is C13H18N2. The predicted molar refractivity (Wildman–Crippen MR) is 63.6 cm³/mol. The highest BCUT2D eigenvalue weighted by Crippen LogP contribution is 2.13. The minimum absolute atomic E-state index is 1.00. The second-order valence-electron chi connectivity index (χ2n) is 4.07. The molecular weight excluding hydrogens is 184 g/mol. The maximum absolute atomic E-state index is 3.15. The molecule has 2 heteroatoms. The molecule has 2 rings (SSSR count). The van der Waals surface area contributed by atoms with E-state index < -0.39 is 0 Å². The molecule has 0 aromatic rings. The van der Waals surface area contributed by atoms with Crippen LogP contribution in [0.2, 0.25) is 0 Å². The summed E-state index contributed by atoms with van der Waals surface area (Å²) in [5.41, 5.74) is 4.57. The van der Waals surface area contributed by atoms with Gasteiger partial charge in [-0.2, -0.15) is 0 Å².